The predicted molar refractivity (Wildman–Crippen MR) is 336 cm³/mol. The minimum Gasteiger partial charge on any atom is -0.466 e. The maximum atomic E-state index is 13.7. The molecule has 5 heterocycles. The number of esters is 2. The van der Waals surface area contributed by atoms with Crippen molar-refractivity contribution in [3.63, 3.8) is 0 Å². The standard InChI is InChI=1S/C68H100N10O6/c1-4-6-8-10-12-13-14-15-16-17-18-19-20-23-27-33-49-84-63(82)42-40-61(80)77-48-45-58-66(70-3)74-65(75-68(58)77)55(37-29-25-21-11-9-7-5-2)38-30-26-22-24-28-34-50-83-62(81)41-39-60(79)76-47-44-57-64(71-53-72-67(57)76)56-51-73-78(52-56)59(43-46-69)54-35-31-32-36-54/h15-16,37,44-45,47-48,51-54,59H,4-14,17-36,38-43,49-50H2,1-3H3,(H,70,74,75)/b16-15-,55-37+/t59-/m1/s1. The van der Waals surface area contributed by atoms with Gasteiger partial charge in [-0.05, 0) is 101 Å². The third-order valence-corrected chi connectivity index (χ3v) is 16.6. The minimum absolute atomic E-state index is 0.0107. The predicted octanol–water partition coefficient (Wildman–Crippen LogP) is 17.3. The molecule has 16 heteroatoms. The fourth-order valence-corrected chi connectivity index (χ4v) is 11.6. The number of anilines is 1. The summed E-state index contributed by atoms with van der Waals surface area (Å²) in [5, 5.41) is 18.9. The van der Waals surface area contributed by atoms with Crippen LogP contribution in [0, 0.1) is 17.2 Å². The average Bonchev–Trinajstić information content (AvgIpc) is 3.99. The average molecular weight is 1150 g/mol. The lowest BCUT2D eigenvalue weighted by Gasteiger charge is -2.21. The van der Waals surface area contributed by atoms with Crippen LogP contribution in [0.5, 0.6) is 0 Å². The molecule has 0 saturated heterocycles. The van der Waals surface area contributed by atoms with Crippen molar-refractivity contribution in [2.24, 2.45) is 5.92 Å². The number of carbonyl (C=O) groups is 4. The first-order valence-electron chi connectivity index (χ1n) is 32.8. The minimum atomic E-state index is -0.398. The lowest BCUT2D eigenvalue weighted by atomic mass is 9.96. The molecule has 458 valence electrons. The van der Waals surface area contributed by atoms with Gasteiger partial charge in [0.05, 0.1) is 61.9 Å². The molecule has 5 aromatic heterocycles. The van der Waals surface area contributed by atoms with Crippen LogP contribution in [0.15, 0.2) is 61.5 Å². The first kappa shape index (κ1) is 66.6. The SMILES string of the molecule is CCCCCCCC/C=C\CCCCCCCCOC(=O)CCC(=O)n1ccc2c(NC)nc(/C(=C/CCCCCCCC)CCCCCCCCOC(=O)CCC(=O)n3ccc4c(-c5cnn([C@H](CC#N)C6CCCC6)c5)ncnc43)nc21. The molecule has 84 heavy (non-hydrogen) atoms. The molecular weight excluding hydrogens is 1050 g/mol. The molecule has 1 saturated carbocycles. The van der Waals surface area contributed by atoms with E-state index in [-0.39, 0.29) is 49.5 Å². The summed E-state index contributed by atoms with van der Waals surface area (Å²) in [7, 11) is 1.83. The topological polar surface area (TPSA) is 202 Å². The molecule has 1 N–H and O–H groups in total. The Hall–Kier alpha value is -6.50. The van der Waals surface area contributed by atoms with Crippen LogP contribution in [0.2, 0.25) is 0 Å². The molecule has 1 fully saturated rings. The molecule has 16 nitrogen and oxygen atoms in total. The van der Waals surface area contributed by atoms with E-state index in [9.17, 15) is 24.4 Å². The first-order valence-corrected chi connectivity index (χ1v) is 32.8. The number of hydrogen-bond donors (Lipinski definition) is 1. The highest BCUT2D eigenvalue weighted by Gasteiger charge is 2.28. The normalized spacial score (nSPS) is 13.3. The summed E-state index contributed by atoms with van der Waals surface area (Å²) in [5.41, 5.74) is 3.54. The number of aromatic nitrogens is 8. The van der Waals surface area contributed by atoms with Crippen molar-refractivity contribution in [2.45, 2.75) is 257 Å². The number of carbonyl (C=O) groups excluding carboxylic acids is 4. The summed E-state index contributed by atoms with van der Waals surface area (Å²) < 4.78 is 16.0. The zero-order chi connectivity index (χ0) is 59.4. The van der Waals surface area contributed by atoms with E-state index in [2.05, 4.69) is 58.5 Å². The Morgan fingerprint density at radius 3 is 1.76 bits per heavy atom. The van der Waals surface area contributed by atoms with Crippen molar-refractivity contribution in [1.82, 2.24) is 38.9 Å². The number of ether oxygens (including phenoxy) is 2. The van der Waals surface area contributed by atoms with Crippen molar-refractivity contribution in [3.8, 4) is 17.3 Å². The van der Waals surface area contributed by atoms with Crippen molar-refractivity contribution in [3.05, 3.63) is 67.3 Å². The van der Waals surface area contributed by atoms with Crippen LogP contribution < -0.4 is 5.32 Å². The quantitative estimate of drug-likeness (QED) is 0.0219. The molecule has 1 aliphatic carbocycles. The number of nitriles is 1. The van der Waals surface area contributed by atoms with Crippen LogP contribution in [0.3, 0.4) is 0 Å². The fraction of sp³-hybridized carbons (Fsp3) is 0.647. The van der Waals surface area contributed by atoms with Crippen molar-refractivity contribution in [2.75, 3.05) is 25.6 Å². The molecule has 1 atom stereocenters. The van der Waals surface area contributed by atoms with Gasteiger partial charge in [-0.1, -0.05) is 160 Å². The fourth-order valence-electron chi connectivity index (χ4n) is 11.6. The van der Waals surface area contributed by atoms with Crippen LogP contribution in [0.25, 0.3) is 38.9 Å². The van der Waals surface area contributed by atoms with Crippen LogP contribution in [-0.2, 0) is 19.1 Å². The first-order chi connectivity index (χ1) is 41.3. The molecular formula is C68H100N10O6. The molecule has 1 aliphatic rings. The maximum Gasteiger partial charge on any atom is 0.306 e. The number of rotatable bonds is 44. The summed E-state index contributed by atoms with van der Waals surface area (Å²) in [6.07, 6.45) is 52.3. The summed E-state index contributed by atoms with van der Waals surface area (Å²) in [4.78, 5) is 71.5. The highest BCUT2D eigenvalue weighted by Crippen LogP contribution is 2.37. The maximum absolute atomic E-state index is 13.7. The van der Waals surface area contributed by atoms with Gasteiger partial charge in [0.2, 0.25) is 11.8 Å². The molecule has 5 aromatic rings. The van der Waals surface area contributed by atoms with E-state index in [1.807, 2.05) is 30.1 Å². The van der Waals surface area contributed by atoms with Gasteiger partial charge in [-0.2, -0.15) is 10.4 Å². The summed E-state index contributed by atoms with van der Waals surface area (Å²) in [5.74, 6) is 0.509. The van der Waals surface area contributed by atoms with Crippen molar-refractivity contribution >= 4 is 57.2 Å². The largest absolute Gasteiger partial charge is 0.466 e. The van der Waals surface area contributed by atoms with Crippen molar-refractivity contribution < 1.29 is 28.7 Å². The van der Waals surface area contributed by atoms with E-state index in [4.69, 9.17) is 19.4 Å². The smallest absolute Gasteiger partial charge is 0.306 e. The number of fused-ring (bicyclic) bond motifs is 2. The second-order valence-electron chi connectivity index (χ2n) is 23.2. The van der Waals surface area contributed by atoms with Crippen LogP contribution in [0.4, 0.5) is 5.82 Å². The Morgan fingerprint density at radius 2 is 1.18 bits per heavy atom. The second kappa shape index (κ2) is 39.2. The Bertz CT molecular complexity index is 2850. The van der Waals surface area contributed by atoms with E-state index in [0.717, 1.165) is 113 Å². The molecule has 0 spiro atoms. The highest BCUT2D eigenvalue weighted by atomic mass is 16.5. The van der Waals surface area contributed by atoms with Gasteiger partial charge in [-0.15, -0.1) is 0 Å². The van der Waals surface area contributed by atoms with Crippen LogP contribution in [-0.4, -0.2) is 82.9 Å². The lowest BCUT2D eigenvalue weighted by Crippen LogP contribution is -2.17. The summed E-state index contributed by atoms with van der Waals surface area (Å²) in [6, 6.07) is 6.04. The van der Waals surface area contributed by atoms with Gasteiger partial charge in [0.15, 0.2) is 17.1 Å². The summed E-state index contributed by atoms with van der Waals surface area (Å²) in [6.45, 7) is 5.20. The van der Waals surface area contributed by atoms with Gasteiger partial charge in [-0.3, -0.25) is 33.0 Å². The Labute approximate surface area is 501 Å². The van der Waals surface area contributed by atoms with Crippen LogP contribution in [0.1, 0.15) is 273 Å². The van der Waals surface area contributed by atoms with E-state index >= 15 is 0 Å². The molecule has 0 aliphatic heterocycles. The molecule has 0 unspecified atom stereocenters. The van der Waals surface area contributed by atoms with E-state index in [1.165, 1.54) is 120 Å². The zero-order valence-corrected chi connectivity index (χ0v) is 51.5. The van der Waals surface area contributed by atoms with Gasteiger partial charge >= 0.3 is 11.9 Å². The third kappa shape index (κ3) is 22.5. The lowest BCUT2D eigenvalue weighted by molar-refractivity contribution is -0.144. The number of allylic oxidation sites excluding steroid dienone is 4. The van der Waals surface area contributed by atoms with Crippen molar-refractivity contribution in [1.29, 1.82) is 5.26 Å². The van der Waals surface area contributed by atoms with Gasteiger partial charge in [-0.25, -0.2) is 19.9 Å². The van der Waals surface area contributed by atoms with E-state index in [1.54, 1.807) is 23.2 Å². The molecule has 0 radical (unpaired) electrons. The zero-order valence-electron chi connectivity index (χ0n) is 51.5. The summed E-state index contributed by atoms with van der Waals surface area (Å²) >= 11 is 0. The van der Waals surface area contributed by atoms with Gasteiger partial charge in [0, 0.05) is 49.4 Å². The molecule has 0 amide bonds. The third-order valence-electron chi connectivity index (χ3n) is 16.6. The van der Waals surface area contributed by atoms with Gasteiger partial charge in [0.1, 0.15) is 12.1 Å². The number of hydrogen-bond acceptors (Lipinski definition) is 13. The van der Waals surface area contributed by atoms with Gasteiger partial charge < -0.3 is 14.8 Å². The van der Waals surface area contributed by atoms with E-state index in [0.29, 0.717) is 59.6 Å². The number of nitrogens with one attached hydrogen (secondary N) is 1. The molecule has 0 aromatic carbocycles. The molecule has 6 rings (SSSR count). The Kier molecular flexibility index (Phi) is 31.1. The van der Waals surface area contributed by atoms with Crippen LogP contribution >= 0.6 is 0 Å². The highest BCUT2D eigenvalue weighted by molar-refractivity contribution is 5.98. The Balaban J connectivity index is 0.886. The monoisotopic (exact) mass is 1150 g/mol. The van der Waals surface area contributed by atoms with E-state index < -0.39 is 5.97 Å². The Morgan fingerprint density at radius 1 is 0.643 bits per heavy atom. The van der Waals surface area contributed by atoms with Gasteiger partial charge in [0.25, 0.3) is 0 Å². The second-order valence-corrected chi connectivity index (χ2v) is 23.2. The molecule has 0 bridgehead atoms. The number of unbranched alkanes of at least 4 members (excludes halogenated alkanes) is 23. The number of nitrogens with zero attached hydrogens (tertiary/aromatic N) is 9.